The fourth-order valence-corrected chi connectivity index (χ4v) is 2.16. The minimum atomic E-state index is -4.32. The predicted octanol–water partition coefficient (Wildman–Crippen LogP) is 3.28. The lowest BCUT2D eigenvalue weighted by molar-refractivity contribution is -0.137. The number of anilines is 1. The average Bonchev–Trinajstić information content (AvgIpc) is 2.27. The van der Waals surface area contributed by atoms with Crippen molar-refractivity contribution in [2.45, 2.75) is 25.4 Å². The van der Waals surface area contributed by atoms with Crippen LogP contribution in [0.1, 0.15) is 24.8 Å². The van der Waals surface area contributed by atoms with Crippen LogP contribution in [-0.4, -0.2) is 18.3 Å². The number of rotatable bonds is 4. The number of nitrogens with one attached hydrogen (secondary N) is 1. The van der Waals surface area contributed by atoms with E-state index in [4.69, 9.17) is 0 Å². The molecule has 100 valence electrons. The van der Waals surface area contributed by atoms with Crippen molar-refractivity contribution < 1.29 is 18.3 Å². The van der Waals surface area contributed by atoms with E-state index in [1.807, 2.05) is 0 Å². The summed E-state index contributed by atoms with van der Waals surface area (Å²) in [4.78, 5) is 0. The molecule has 5 heteroatoms. The van der Waals surface area contributed by atoms with Gasteiger partial charge in [0, 0.05) is 17.6 Å². The van der Waals surface area contributed by atoms with Gasteiger partial charge in [-0.2, -0.15) is 13.2 Å². The van der Waals surface area contributed by atoms with Gasteiger partial charge in [-0.3, -0.25) is 0 Å². The Hall–Kier alpha value is -1.23. The molecule has 0 heterocycles. The van der Waals surface area contributed by atoms with Crippen LogP contribution in [0, 0.1) is 5.41 Å². The van der Waals surface area contributed by atoms with Gasteiger partial charge in [0.05, 0.1) is 12.2 Å². The van der Waals surface area contributed by atoms with Crippen LogP contribution in [0.3, 0.4) is 0 Å². The van der Waals surface area contributed by atoms with Crippen LogP contribution in [-0.2, 0) is 6.18 Å². The van der Waals surface area contributed by atoms with Crippen LogP contribution in [0.15, 0.2) is 24.3 Å². The predicted molar refractivity (Wildman–Crippen MR) is 63.3 cm³/mol. The van der Waals surface area contributed by atoms with E-state index in [-0.39, 0.29) is 12.0 Å². The van der Waals surface area contributed by atoms with E-state index in [0.29, 0.717) is 12.2 Å². The summed E-state index contributed by atoms with van der Waals surface area (Å²) in [6.07, 6.45) is -1.39. The SMILES string of the molecule is OCC1(CNc2cccc(C(F)(F)F)c2)CCC1. The Morgan fingerprint density at radius 1 is 1.28 bits per heavy atom. The Balaban J connectivity index is 2.01. The summed E-state index contributed by atoms with van der Waals surface area (Å²) >= 11 is 0. The van der Waals surface area contributed by atoms with Crippen LogP contribution in [0.2, 0.25) is 0 Å². The van der Waals surface area contributed by atoms with Crippen molar-refractivity contribution in [2.24, 2.45) is 5.41 Å². The number of aliphatic hydroxyl groups excluding tert-OH is 1. The second-order valence-electron chi connectivity index (χ2n) is 4.94. The zero-order chi connectivity index (χ0) is 13.2. The van der Waals surface area contributed by atoms with E-state index in [1.165, 1.54) is 6.07 Å². The molecule has 0 unspecified atom stereocenters. The minimum absolute atomic E-state index is 0.0823. The lowest BCUT2D eigenvalue weighted by atomic mass is 9.69. The van der Waals surface area contributed by atoms with Gasteiger partial charge in [-0.1, -0.05) is 12.5 Å². The number of benzene rings is 1. The Morgan fingerprint density at radius 3 is 2.50 bits per heavy atom. The summed E-state index contributed by atoms with van der Waals surface area (Å²) in [5, 5.41) is 12.3. The van der Waals surface area contributed by atoms with E-state index in [2.05, 4.69) is 5.32 Å². The van der Waals surface area contributed by atoms with Gasteiger partial charge in [-0.05, 0) is 31.0 Å². The van der Waals surface area contributed by atoms with Gasteiger partial charge in [-0.25, -0.2) is 0 Å². The standard InChI is InChI=1S/C13H16F3NO/c14-13(15,16)10-3-1-4-11(7-10)17-8-12(9-18)5-2-6-12/h1,3-4,7,17-18H,2,5-6,8-9H2. The van der Waals surface area contributed by atoms with Crippen LogP contribution in [0.4, 0.5) is 18.9 Å². The highest BCUT2D eigenvalue weighted by Crippen LogP contribution is 2.40. The molecule has 1 saturated carbocycles. The summed E-state index contributed by atoms with van der Waals surface area (Å²) < 4.78 is 37.6. The highest BCUT2D eigenvalue weighted by atomic mass is 19.4. The van der Waals surface area contributed by atoms with Crippen molar-refractivity contribution in [2.75, 3.05) is 18.5 Å². The number of alkyl halides is 3. The van der Waals surface area contributed by atoms with Crippen LogP contribution in [0.25, 0.3) is 0 Å². The van der Waals surface area contributed by atoms with E-state index >= 15 is 0 Å². The first kappa shape index (κ1) is 13.2. The normalized spacial score (nSPS) is 18.2. The molecule has 18 heavy (non-hydrogen) atoms. The molecule has 0 aromatic heterocycles. The third-order valence-electron chi connectivity index (χ3n) is 3.61. The quantitative estimate of drug-likeness (QED) is 0.869. The topological polar surface area (TPSA) is 32.3 Å². The molecule has 0 amide bonds. The Bertz CT molecular complexity index is 407. The first-order valence-electron chi connectivity index (χ1n) is 5.97. The highest BCUT2D eigenvalue weighted by molar-refractivity contribution is 5.46. The average molecular weight is 259 g/mol. The summed E-state index contributed by atoms with van der Waals surface area (Å²) in [7, 11) is 0. The molecule has 0 bridgehead atoms. The molecule has 1 aliphatic carbocycles. The number of halogens is 3. The molecular weight excluding hydrogens is 243 g/mol. The Labute approximate surface area is 104 Å². The monoisotopic (exact) mass is 259 g/mol. The molecule has 0 aliphatic heterocycles. The first-order valence-corrected chi connectivity index (χ1v) is 5.97. The van der Waals surface area contributed by atoms with Crippen molar-refractivity contribution in [3.8, 4) is 0 Å². The van der Waals surface area contributed by atoms with Crippen LogP contribution >= 0.6 is 0 Å². The van der Waals surface area contributed by atoms with Crippen molar-refractivity contribution in [3.05, 3.63) is 29.8 Å². The van der Waals surface area contributed by atoms with Crippen LogP contribution < -0.4 is 5.32 Å². The zero-order valence-electron chi connectivity index (χ0n) is 9.93. The number of aliphatic hydroxyl groups is 1. The maximum absolute atomic E-state index is 12.5. The largest absolute Gasteiger partial charge is 0.416 e. The summed E-state index contributed by atoms with van der Waals surface area (Å²) in [5.74, 6) is 0. The fourth-order valence-electron chi connectivity index (χ4n) is 2.16. The second-order valence-corrected chi connectivity index (χ2v) is 4.94. The van der Waals surface area contributed by atoms with Crippen molar-refractivity contribution >= 4 is 5.69 Å². The van der Waals surface area contributed by atoms with Crippen molar-refractivity contribution in [3.63, 3.8) is 0 Å². The maximum atomic E-state index is 12.5. The molecular formula is C13H16F3NO. The second kappa shape index (κ2) is 4.80. The molecule has 1 fully saturated rings. The van der Waals surface area contributed by atoms with Gasteiger partial charge in [0.1, 0.15) is 0 Å². The summed E-state index contributed by atoms with van der Waals surface area (Å²) in [6, 6.07) is 5.15. The zero-order valence-corrected chi connectivity index (χ0v) is 9.93. The van der Waals surface area contributed by atoms with Gasteiger partial charge < -0.3 is 10.4 Å². The molecule has 1 aromatic carbocycles. The molecule has 1 aliphatic rings. The van der Waals surface area contributed by atoms with Gasteiger partial charge in [-0.15, -0.1) is 0 Å². The molecule has 1 aromatic rings. The molecule has 2 rings (SSSR count). The third kappa shape index (κ3) is 2.77. The first-order chi connectivity index (χ1) is 8.45. The highest BCUT2D eigenvalue weighted by Gasteiger charge is 2.36. The van der Waals surface area contributed by atoms with Crippen molar-refractivity contribution in [1.29, 1.82) is 0 Å². The number of hydrogen-bond donors (Lipinski definition) is 2. The fraction of sp³-hybridized carbons (Fsp3) is 0.538. The summed E-state index contributed by atoms with van der Waals surface area (Å²) in [5.41, 5.74) is -0.350. The maximum Gasteiger partial charge on any atom is 0.416 e. The van der Waals surface area contributed by atoms with Gasteiger partial charge in [0.15, 0.2) is 0 Å². The Kier molecular flexibility index (Phi) is 3.52. The van der Waals surface area contributed by atoms with E-state index in [1.54, 1.807) is 6.07 Å². The molecule has 0 atom stereocenters. The van der Waals surface area contributed by atoms with E-state index in [9.17, 15) is 18.3 Å². The smallest absolute Gasteiger partial charge is 0.396 e. The van der Waals surface area contributed by atoms with E-state index in [0.717, 1.165) is 31.4 Å². The minimum Gasteiger partial charge on any atom is -0.396 e. The van der Waals surface area contributed by atoms with Gasteiger partial charge in [0.25, 0.3) is 0 Å². The van der Waals surface area contributed by atoms with Crippen molar-refractivity contribution in [1.82, 2.24) is 0 Å². The van der Waals surface area contributed by atoms with E-state index < -0.39 is 11.7 Å². The number of hydrogen-bond acceptors (Lipinski definition) is 2. The van der Waals surface area contributed by atoms with Crippen LogP contribution in [0.5, 0.6) is 0 Å². The Morgan fingerprint density at radius 2 is 2.00 bits per heavy atom. The summed E-state index contributed by atoms with van der Waals surface area (Å²) in [6.45, 7) is 0.601. The van der Waals surface area contributed by atoms with Gasteiger partial charge in [0.2, 0.25) is 0 Å². The molecule has 0 radical (unpaired) electrons. The lowest BCUT2D eigenvalue weighted by Crippen LogP contribution is -2.39. The molecule has 0 saturated heterocycles. The lowest BCUT2D eigenvalue weighted by Gasteiger charge is -2.40. The molecule has 2 nitrogen and oxygen atoms in total. The molecule has 0 spiro atoms. The van der Waals surface area contributed by atoms with Gasteiger partial charge >= 0.3 is 6.18 Å². The molecule has 2 N–H and O–H groups in total. The third-order valence-corrected chi connectivity index (χ3v) is 3.61.